The molecule has 2 saturated heterocycles. The molecule has 0 aliphatic carbocycles. The molecule has 1 aromatic carbocycles. The van der Waals surface area contributed by atoms with Crippen molar-refractivity contribution in [3.05, 3.63) is 35.4 Å². The molecule has 25 heavy (non-hydrogen) atoms. The zero-order chi connectivity index (χ0) is 18.1. The van der Waals surface area contributed by atoms with Gasteiger partial charge < -0.3 is 23.7 Å². The Bertz CT molecular complexity index is 498. The predicted molar refractivity (Wildman–Crippen MR) is 88.7 cm³/mol. The van der Waals surface area contributed by atoms with Crippen LogP contribution < -0.4 is 0 Å². The highest BCUT2D eigenvalue weighted by atomic mass is 16.6. The second-order valence-electron chi connectivity index (χ2n) is 5.47. The average Bonchev–Trinajstić information content (AvgIpc) is 3.54. The molecule has 7 heteroatoms. The Labute approximate surface area is 147 Å². The fourth-order valence-electron chi connectivity index (χ4n) is 1.78. The highest BCUT2D eigenvalue weighted by Crippen LogP contribution is 2.13. The first-order valence-electron chi connectivity index (χ1n) is 8.39. The van der Waals surface area contributed by atoms with Crippen LogP contribution in [0.5, 0.6) is 0 Å². The van der Waals surface area contributed by atoms with Gasteiger partial charge >= 0.3 is 11.9 Å². The van der Waals surface area contributed by atoms with E-state index in [0.717, 1.165) is 13.2 Å². The number of benzene rings is 1. The minimum atomic E-state index is -0.424. The third-order valence-electron chi connectivity index (χ3n) is 3.37. The average molecular weight is 352 g/mol. The molecule has 138 valence electrons. The Morgan fingerprint density at radius 2 is 1.24 bits per heavy atom. The number of epoxide rings is 2. The van der Waals surface area contributed by atoms with E-state index >= 15 is 0 Å². The fraction of sp³-hybridized carbons (Fsp3) is 0.556. The highest BCUT2D eigenvalue weighted by Gasteiger charge is 2.25. The quantitative estimate of drug-likeness (QED) is 0.521. The van der Waals surface area contributed by atoms with Gasteiger partial charge in [0.2, 0.25) is 0 Å². The number of hydrogen-bond acceptors (Lipinski definition) is 7. The lowest BCUT2D eigenvalue weighted by Gasteiger charge is -2.05. The predicted octanol–water partition coefficient (Wildman–Crippen LogP) is 1.84. The molecule has 3 rings (SSSR count). The van der Waals surface area contributed by atoms with Crippen molar-refractivity contribution in [3.8, 4) is 0 Å². The summed E-state index contributed by atoms with van der Waals surface area (Å²) in [4.78, 5) is 23.3. The molecule has 2 aliphatic heterocycles. The third kappa shape index (κ3) is 7.64. The van der Waals surface area contributed by atoms with E-state index in [1.807, 2.05) is 13.8 Å². The normalized spacial score (nSPS) is 20.1. The van der Waals surface area contributed by atoms with E-state index in [9.17, 15) is 9.59 Å². The molecule has 2 atom stereocenters. The Morgan fingerprint density at radius 1 is 0.880 bits per heavy atom. The van der Waals surface area contributed by atoms with Gasteiger partial charge in [-0.25, -0.2) is 9.59 Å². The van der Waals surface area contributed by atoms with Crippen molar-refractivity contribution in [2.45, 2.75) is 26.1 Å². The van der Waals surface area contributed by atoms with Crippen LogP contribution in [0.25, 0.3) is 0 Å². The fourth-order valence-corrected chi connectivity index (χ4v) is 1.78. The van der Waals surface area contributed by atoms with Crippen molar-refractivity contribution >= 4 is 11.9 Å². The summed E-state index contributed by atoms with van der Waals surface area (Å²) in [5.74, 6) is -0.849. The molecule has 0 amide bonds. The van der Waals surface area contributed by atoms with Crippen LogP contribution >= 0.6 is 0 Å². The van der Waals surface area contributed by atoms with Gasteiger partial charge in [-0.2, -0.15) is 0 Å². The minimum Gasteiger partial charge on any atom is -0.459 e. The number of hydrogen-bond donors (Lipinski definition) is 0. The molecule has 0 aromatic heterocycles. The molecule has 0 bridgehead atoms. The molecule has 0 N–H and O–H groups in total. The first-order valence-corrected chi connectivity index (χ1v) is 8.39. The molecule has 2 unspecified atom stereocenters. The molecular formula is C18H24O7. The van der Waals surface area contributed by atoms with E-state index in [1.54, 1.807) is 24.3 Å². The van der Waals surface area contributed by atoms with Crippen LogP contribution in [0.3, 0.4) is 0 Å². The maximum absolute atomic E-state index is 11.7. The monoisotopic (exact) mass is 352 g/mol. The van der Waals surface area contributed by atoms with E-state index in [4.69, 9.17) is 23.7 Å². The SMILES string of the molecule is CCOCC.O=C(OCC1CO1)c1ccc(C(=O)OCC2CO2)cc1. The van der Waals surface area contributed by atoms with Crippen molar-refractivity contribution in [3.63, 3.8) is 0 Å². The summed E-state index contributed by atoms with van der Waals surface area (Å²) in [6, 6.07) is 6.17. The Hall–Kier alpha value is -1.96. The molecule has 1 aromatic rings. The summed E-state index contributed by atoms with van der Waals surface area (Å²) in [5.41, 5.74) is 0.792. The van der Waals surface area contributed by atoms with Crippen molar-refractivity contribution in [2.75, 3.05) is 39.6 Å². The topological polar surface area (TPSA) is 86.9 Å². The summed E-state index contributed by atoms with van der Waals surface area (Å²) in [6.45, 7) is 7.49. The molecule has 2 fully saturated rings. The van der Waals surface area contributed by atoms with Crippen LogP contribution in [0.1, 0.15) is 34.6 Å². The van der Waals surface area contributed by atoms with Crippen LogP contribution in [-0.2, 0) is 23.7 Å². The van der Waals surface area contributed by atoms with Gasteiger partial charge in [0.05, 0.1) is 24.3 Å². The molecule has 0 radical (unpaired) electrons. The summed E-state index contributed by atoms with van der Waals surface area (Å²) in [5, 5.41) is 0. The van der Waals surface area contributed by atoms with E-state index in [0.29, 0.717) is 24.3 Å². The second kappa shape index (κ2) is 10.1. The molecule has 2 heterocycles. The lowest BCUT2D eigenvalue weighted by molar-refractivity contribution is 0.0463. The zero-order valence-corrected chi connectivity index (χ0v) is 14.6. The molecule has 7 nitrogen and oxygen atoms in total. The van der Waals surface area contributed by atoms with Crippen LogP contribution in [-0.4, -0.2) is 63.8 Å². The minimum absolute atomic E-state index is 0.0397. The first kappa shape index (κ1) is 19.4. The van der Waals surface area contributed by atoms with Gasteiger partial charge in [-0.05, 0) is 38.1 Å². The standard InChI is InChI=1S/C14H14O6.C4H10O/c15-13(19-7-11-5-17-11)9-1-2-10(4-3-9)14(16)20-8-12-6-18-12;1-3-5-4-2/h1-4,11-12H,5-8H2;3-4H2,1-2H3. The van der Waals surface area contributed by atoms with E-state index < -0.39 is 11.9 Å². The summed E-state index contributed by atoms with van der Waals surface area (Å²) >= 11 is 0. The van der Waals surface area contributed by atoms with Gasteiger partial charge in [0.25, 0.3) is 0 Å². The lowest BCUT2D eigenvalue weighted by atomic mass is 10.1. The van der Waals surface area contributed by atoms with E-state index in [-0.39, 0.29) is 25.4 Å². The smallest absolute Gasteiger partial charge is 0.338 e. The maximum Gasteiger partial charge on any atom is 0.338 e. The van der Waals surface area contributed by atoms with Crippen LogP contribution in [0, 0.1) is 0 Å². The van der Waals surface area contributed by atoms with Crippen LogP contribution in [0.2, 0.25) is 0 Å². The van der Waals surface area contributed by atoms with Gasteiger partial charge in [-0.3, -0.25) is 0 Å². The number of ether oxygens (including phenoxy) is 5. The van der Waals surface area contributed by atoms with Crippen LogP contribution in [0.15, 0.2) is 24.3 Å². The molecule has 2 aliphatic rings. The maximum atomic E-state index is 11.7. The number of rotatable bonds is 8. The number of carbonyl (C=O) groups excluding carboxylic acids is 2. The van der Waals surface area contributed by atoms with Crippen molar-refractivity contribution < 1.29 is 33.3 Å². The van der Waals surface area contributed by atoms with E-state index in [1.165, 1.54) is 0 Å². The van der Waals surface area contributed by atoms with Crippen LogP contribution in [0.4, 0.5) is 0 Å². The van der Waals surface area contributed by atoms with Gasteiger partial charge in [-0.15, -0.1) is 0 Å². The summed E-state index contributed by atoms with van der Waals surface area (Å²) < 4.78 is 24.8. The summed E-state index contributed by atoms with van der Waals surface area (Å²) in [7, 11) is 0. The van der Waals surface area contributed by atoms with Gasteiger partial charge in [0, 0.05) is 13.2 Å². The van der Waals surface area contributed by atoms with Gasteiger partial charge in [0.1, 0.15) is 25.4 Å². The van der Waals surface area contributed by atoms with Crippen molar-refractivity contribution in [1.82, 2.24) is 0 Å². The third-order valence-corrected chi connectivity index (χ3v) is 3.37. The lowest BCUT2D eigenvalue weighted by Crippen LogP contribution is -2.12. The molecule has 0 spiro atoms. The Morgan fingerprint density at radius 3 is 1.48 bits per heavy atom. The Kier molecular flexibility index (Phi) is 7.84. The van der Waals surface area contributed by atoms with E-state index in [2.05, 4.69) is 0 Å². The molecule has 0 saturated carbocycles. The highest BCUT2D eigenvalue weighted by molar-refractivity contribution is 5.93. The molecular weight excluding hydrogens is 328 g/mol. The summed E-state index contributed by atoms with van der Waals surface area (Å²) in [6.07, 6.45) is 0.0793. The zero-order valence-electron chi connectivity index (χ0n) is 14.6. The second-order valence-corrected chi connectivity index (χ2v) is 5.47. The van der Waals surface area contributed by atoms with Crippen molar-refractivity contribution in [1.29, 1.82) is 0 Å². The first-order chi connectivity index (χ1) is 12.1. The van der Waals surface area contributed by atoms with Gasteiger partial charge in [0.15, 0.2) is 0 Å². The number of carbonyl (C=O) groups is 2. The number of esters is 2. The Balaban J connectivity index is 0.000000399. The van der Waals surface area contributed by atoms with Crippen molar-refractivity contribution in [2.24, 2.45) is 0 Å². The van der Waals surface area contributed by atoms with Gasteiger partial charge in [-0.1, -0.05) is 0 Å². The largest absolute Gasteiger partial charge is 0.459 e.